The van der Waals surface area contributed by atoms with Crippen molar-refractivity contribution in [2.45, 2.75) is 19.0 Å². The van der Waals surface area contributed by atoms with Crippen molar-refractivity contribution >= 4 is 17.1 Å². The molecular formula is C9H11N5O2. The molecule has 0 spiro atoms. The Morgan fingerprint density at radius 3 is 3.12 bits per heavy atom. The van der Waals surface area contributed by atoms with E-state index in [1.807, 2.05) is 0 Å². The molecule has 0 saturated carbocycles. The normalized spacial score (nSPS) is 12.8. The minimum absolute atomic E-state index is 0.338. The van der Waals surface area contributed by atoms with E-state index in [9.17, 15) is 4.79 Å². The van der Waals surface area contributed by atoms with Crippen molar-refractivity contribution in [3.8, 4) is 0 Å². The van der Waals surface area contributed by atoms with E-state index in [4.69, 9.17) is 10.8 Å². The summed E-state index contributed by atoms with van der Waals surface area (Å²) in [5.74, 6) is -1.00. The van der Waals surface area contributed by atoms with Crippen LogP contribution in [0, 0.1) is 0 Å². The van der Waals surface area contributed by atoms with Gasteiger partial charge in [0.2, 0.25) is 0 Å². The van der Waals surface area contributed by atoms with Crippen molar-refractivity contribution in [1.82, 2.24) is 19.5 Å². The van der Waals surface area contributed by atoms with E-state index in [1.54, 1.807) is 17.1 Å². The molecule has 1 atom stereocenters. The summed E-state index contributed by atoms with van der Waals surface area (Å²) in [5.41, 5.74) is 6.79. The highest BCUT2D eigenvalue weighted by Gasteiger charge is 2.12. The summed E-state index contributed by atoms with van der Waals surface area (Å²) in [7, 11) is 0. The monoisotopic (exact) mass is 221 g/mol. The first-order valence-corrected chi connectivity index (χ1v) is 4.77. The fraction of sp³-hybridized carbons (Fsp3) is 0.333. The van der Waals surface area contributed by atoms with Crippen molar-refractivity contribution in [1.29, 1.82) is 0 Å². The predicted molar refractivity (Wildman–Crippen MR) is 55.6 cm³/mol. The largest absolute Gasteiger partial charge is 0.480 e. The molecule has 1 unspecified atom stereocenters. The summed E-state index contributed by atoms with van der Waals surface area (Å²) in [5, 5.41) is 8.65. The molecule has 0 saturated heterocycles. The zero-order valence-electron chi connectivity index (χ0n) is 8.45. The Labute approximate surface area is 90.9 Å². The summed E-state index contributed by atoms with van der Waals surface area (Å²) in [6, 6.07) is -0.862. The van der Waals surface area contributed by atoms with Gasteiger partial charge in [-0.25, -0.2) is 15.0 Å². The van der Waals surface area contributed by atoms with Crippen molar-refractivity contribution in [2.24, 2.45) is 5.73 Å². The highest BCUT2D eigenvalue weighted by Crippen LogP contribution is 2.08. The van der Waals surface area contributed by atoms with Crippen molar-refractivity contribution in [3.63, 3.8) is 0 Å². The molecular weight excluding hydrogens is 210 g/mol. The lowest BCUT2D eigenvalue weighted by atomic mass is 10.2. The van der Waals surface area contributed by atoms with Gasteiger partial charge in [0.25, 0.3) is 0 Å². The topological polar surface area (TPSA) is 107 Å². The fourth-order valence-electron chi connectivity index (χ4n) is 1.38. The maximum absolute atomic E-state index is 10.5. The zero-order valence-corrected chi connectivity index (χ0v) is 8.45. The number of nitrogens with two attached hydrogens (primary N) is 1. The number of carbonyl (C=O) groups is 1. The molecule has 0 aromatic carbocycles. The summed E-state index contributed by atoms with van der Waals surface area (Å²) in [6.45, 7) is 0.473. The third-order valence-electron chi connectivity index (χ3n) is 2.28. The number of nitrogens with zero attached hydrogens (tertiary/aromatic N) is 4. The van der Waals surface area contributed by atoms with Gasteiger partial charge in [0.1, 0.15) is 17.9 Å². The molecule has 0 aliphatic carbocycles. The van der Waals surface area contributed by atoms with Gasteiger partial charge in [-0.2, -0.15) is 0 Å². The summed E-state index contributed by atoms with van der Waals surface area (Å²) < 4.78 is 1.76. The second-order valence-electron chi connectivity index (χ2n) is 3.40. The summed E-state index contributed by atoms with van der Waals surface area (Å²) >= 11 is 0. The maximum Gasteiger partial charge on any atom is 0.320 e. The molecule has 0 aliphatic heterocycles. The van der Waals surface area contributed by atoms with Crippen LogP contribution in [0.1, 0.15) is 6.42 Å². The van der Waals surface area contributed by atoms with Gasteiger partial charge in [0, 0.05) is 6.54 Å². The molecule has 16 heavy (non-hydrogen) atoms. The smallest absolute Gasteiger partial charge is 0.320 e. The Hall–Kier alpha value is -2.02. The van der Waals surface area contributed by atoms with Gasteiger partial charge in [0.05, 0.1) is 12.5 Å². The number of rotatable bonds is 4. The van der Waals surface area contributed by atoms with E-state index in [0.29, 0.717) is 24.1 Å². The maximum atomic E-state index is 10.5. The molecule has 7 nitrogen and oxygen atoms in total. The average Bonchev–Trinajstić information content (AvgIpc) is 2.69. The van der Waals surface area contributed by atoms with E-state index in [1.165, 1.54) is 6.33 Å². The number of carboxylic acid groups (broad SMARTS) is 1. The number of aromatic nitrogens is 4. The Morgan fingerprint density at radius 1 is 1.56 bits per heavy atom. The first kappa shape index (κ1) is 10.5. The number of fused-ring (bicyclic) bond motifs is 1. The third-order valence-corrected chi connectivity index (χ3v) is 2.28. The van der Waals surface area contributed by atoms with Crippen LogP contribution in [0.3, 0.4) is 0 Å². The lowest BCUT2D eigenvalue weighted by Crippen LogP contribution is -2.31. The van der Waals surface area contributed by atoms with Crippen LogP contribution in [-0.2, 0) is 11.3 Å². The quantitative estimate of drug-likeness (QED) is 0.729. The van der Waals surface area contributed by atoms with Crippen LogP contribution in [0.4, 0.5) is 0 Å². The van der Waals surface area contributed by atoms with Crippen LogP contribution in [0.5, 0.6) is 0 Å². The van der Waals surface area contributed by atoms with E-state index >= 15 is 0 Å². The minimum Gasteiger partial charge on any atom is -0.480 e. The second-order valence-corrected chi connectivity index (χ2v) is 3.40. The summed E-state index contributed by atoms with van der Waals surface area (Å²) in [4.78, 5) is 22.5. The Kier molecular flexibility index (Phi) is 2.78. The molecule has 3 N–H and O–H groups in total. The molecule has 0 radical (unpaired) electrons. The fourth-order valence-corrected chi connectivity index (χ4v) is 1.38. The molecule has 2 rings (SSSR count). The van der Waals surface area contributed by atoms with Gasteiger partial charge in [0.15, 0.2) is 5.65 Å². The number of hydrogen-bond acceptors (Lipinski definition) is 5. The van der Waals surface area contributed by atoms with Crippen LogP contribution < -0.4 is 5.73 Å². The van der Waals surface area contributed by atoms with Gasteiger partial charge < -0.3 is 15.4 Å². The highest BCUT2D eigenvalue weighted by atomic mass is 16.4. The lowest BCUT2D eigenvalue weighted by Gasteiger charge is -2.06. The molecule has 2 aromatic rings. The zero-order chi connectivity index (χ0) is 11.5. The number of aryl methyl sites for hydroxylation is 1. The van der Waals surface area contributed by atoms with Crippen molar-refractivity contribution in [2.75, 3.05) is 0 Å². The molecule has 0 fully saturated rings. The number of hydrogen-bond donors (Lipinski definition) is 2. The van der Waals surface area contributed by atoms with Crippen LogP contribution >= 0.6 is 0 Å². The lowest BCUT2D eigenvalue weighted by molar-refractivity contribution is -0.138. The number of carboxylic acids is 1. The Morgan fingerprint density at radius 2 is 2.38 bits per heavy atom. The van der Waals surface area contributed by atoms with E-state index in [-0.39, 0.29) is 0 Å². The average molecular weight is 221 g/mol. The van der Waals surface area contributed by atoms with Crippen LogP contribution in [0.15, 0.2) is 18.9 Å². The Balaban J connectivity index is 2.13. The van der Waals surface area contributed by atoms with Crippen molar-refractivity contribution < 1.29 is 9.90 Å². The summed E-state index contributed by atoms with van der Waals surface area (Å²) in [6.07, 6.45) is 4.98. The van der Waals surface area contributed by atoms with Gasteiger partial charge in [-0.05, 0) is 6.42 Å². The molecule has 0 bridgehead atoms. The van der Waals surface area contributed by atoms with E-state index in [0.717, 1.165) is 0 Å². The Bertz CT molecular complexity index is 509. The van der Waals surface area contributed by atoms with Gasteiger partial charge in [-0.15, -0.1) is 0 Å². The van der Waals surface area contributed by atoms with E-state index in [2.05, 4.69) is 15.0 Å². The standard InChI is InChI=1S/C9H11N5O2/c10-6(9(15)16)1-2-14-5-13-7-3-11-4-12-8(7)14/h3-6H,1-2,10H2,(H,15,16). The molecule has 0 aliphatic rings. The minimum atomic E-state index is -1.00. The molecule has 7 heteroatoms. The first-order valence-electron chi connectivity index (χ1n) is 4.77. The molecule has 84 valence electrons. The van der Waals surface area contributed by atoms with Gasteiger partial charge in [-0.1, -0.05) is 0 Å². The first-order chi connectivity index (χ1) is 7.68. The number of imidazole rings is 1. The number of aliphatic carboxylic acids is 1. The van der Waals surface area contributed by atoms with E-state index < -0.39 is 12.0 Å². The van der Waals surface area contributed by atoms with Gasteiger partial charge in [-0.3, -0.25) is 4.79 Å². The molecule has 2 heterocycles. The third kappa shape index (κ3) is 1.98. The predicted octanol–water partition coefficient (Wildman–Crippen LogP) is -0.372. The van der Waals surface area contributed by atoms with Gasteiger partial charge >= 0.3 is 5.97 Å². The van der Waals surface area contributed by atoms with Crippen LogP contribution in [-0.4, -0.2) is 36.6 Å². The van der Waals surface area contributed by atoms with Crippen LogP contribution in [0.2, 0.25) is 0 Å². The highest BCUT2D eigenvalue weighted by molar-refractivity contribution is 5.73. The van der Waals surface area contributed by atoms with Crippen molar-refractivity contribution in [3.05, 3.63) is 18.9 Å². The SMILES string of the molecule is NC(CCn1cnc2cncnc21)C(=O)O. The second kappa shape index (κ2) is 4.23. The van der Waals surface area contributed by atoms with Crippen LogP contribution in [0.25, 0.3) is 11.2 Å². The molecule has 0 amide bonds. The molecule has 2 aromatic heterocycles.